The number of halogens is 1. The summed E-state index contributed by atoms with van der Waals surface area (Å²) < 4.78 is 16.5. The number of fused-ring (bicyclic) bond motifs is 1. The summed E-state index contributed by atoms with van der Waals surface area (Å²) >= 11 is 0. The first-order valence-corrected chi connectivity index (χ1v) is 8.77. The maximum absolute atomic E-state index is 14.7. The average molecular weight is 362 g/mol. The van der Waals surface area contributed by atoms with E-state index in [9.17, 15) is 19.1 Å². The van der Waals surface area contributed by atoms with Gasteiger partial charge in [-0.15, -0.1) is 0 Å². The number of nitrogens with one attached hydrogen (secondary N) is 1. The van der Waals surface area contributed by atoms with Crippen LogP contribution in [0.2, 0.25) is 0 Å². The summed E-state index contributed by atoms with van der Waals surface area (Å²) in [5, 5.41) is 12.8. The molecule has 0 radical (unpaired) electrons. The molecule has 0 atom stereocenters. The fourth-order valence-corrected chi connectivity index (χ4v) is 3.63. The zero-order chi connectivity index (χ0) is 18.8. The second-order valence-corrected chi connectivity index (χ2v) is 6.30. The minimum Gasteiger partial charge on any atom is -0.477 e. The van der Waals surface area contributed by atoms with Gasteiger partial charge in [0.2, 0.25) is 5.43 Å². The van der Waals surface area contributed by atoms with E-state index < -0.39 is 17.2 Å². The Balaban J connectivity index is 2.33. The fraction of sp³-hybridized carbons (Fsp3) is 0.444. The van der Waals surface area contributed by atoms with Crippen molar-refractivity contribution >= 4 is 22.6 Å². The summed E-state index contributed by atoms with van der Waals surface area (Å²) in [6.45, 7) is 5.39. The Labute approximate surface area is 150 Å². The van der Waals surface area contributed by atoms with E-state index in [1.54, 1.807) is 10.6 Å². The molecule has 140 valence electrons. The quantitative estimate of drug-likeness (QED) is 0.726. The molecule has 26 heavy (non-hydrogen) atoms. The van der Waals surface area contributed by atoms with Gasteiger partial charge in [0.25, 0.3) is 0 Å². The van der Waals surface area contributed by atoms with Crippen LogP contribution in [0.3, 0.4) is 0 Å². The maximum atomic E-state index is 14.7. The van der Waals surface area contributed by atoms with Gasteiger partial charge < -0.3 is 25.6 Å². The van der Waals surface area contributed by atoms with Crippen LogP contribution in [0.4, 0.5) is 10.1 Å². The summed E-state index contributed by atoms with van der Waals surface area (Å²) in [5.74, 6) is -1.82. The van der Waals surface area contributed by atoms with Gasteiger partial charge in [-0.3, -0.25) is 4.79 Å². The van der Waals surface area contributed by atoms with Gasteiger partial charge in [-0.2, -0.15) is 0 Å². The molecular weight excluding hydrogens is 339 g/mol. The molecule has 1 aliphatic heterocycles. The number of carbonyl (C=O) groups is 1. The molecule has 4 N–H and O–H groups in total. The van der Waals surface area contributed by atoms with E-state index in [0.717, 1.165) is 13.1 Å². The molecule has 1 aromatic heterocycles. The number of rotatable bonds is 5. The van der Waals surface area contributed by atoms with E-state index in [-0.39, 0.29) is 23.9 Å². The van der Waals surface area contributed by atoms with Crippen molar-refractivity contribution in [1.29, 1.82) is 0 Å². The van der Waals surface area contributed by atoms with Gasteiger partial charge in [0.15, 0.2) is 0 Å². The molecule has 1 aliphatic rings. The normalized spacial score (nSPS) is 14.8. The molecule has 7 nitrogen and oxygen atoms in total. The van der Waals surface area contributed by atoms with Crippen molar-refractivity contribution in [2.24, 2.45) is 5.73 Å². The number of nitrogens with zero attached hydrogens (tertiary/aromatic N) is 2. The maximum Gasteiger partial charge on any atom is 0.341 e. The minimum atomic E-state index is -1.31. The third-order valence-corrected chi connectivity index (χ3v) is 4.81. The molecule has 1 fully saturated rings. The zero-order valence-electron chi connectivity index (χ0n) is 14.7. The Hall–Kier alpha value is -2.45. The van der Waals surface area contributed by atoms with Crippen molar-refractivity contribution in [3.8, 4) is 0 Å². The number of hydrogen-bond donors (Lipinski definition) is 3. The minimum absolute atomic E-state index is 0.0846. The summed E-state index contributed by atoms with van der Waals surface area (Å²) in [6.07, 6.45) is 0.265. The molecule has 0 saturated carbocycles. The first-order valence-electron chi connectivity index (χ1n) is 8.77. The first-order chi connectivity index (χ1) is 12.5. The summed E-state index contributed by atoms with van der Waals surface area (Å²) in [5.41, 5.74) is 6.02. The summed E-state index contributed by atoms with van der Waals surface area (Å²) in [7, 11) is 0. The number of hydrogen-bond acceptors (Lipinski definition) is 5. The molecular formula is C18H23FN4O3. The zero-order valence-corrected chi connectivity index (χ0v) is 14.7. The molecule has 0 bridgehead atoms. The van der Waals surface area contributed by atoms with Crippen molar-refractivity contribution in [3.63, 3.8) is 0 Å². The van der Waals surface area contributed by atoms with Gasteiger partial charge >= 0.3 is 5.97 Å². The average Bonchev–Trinajstić information content (AvgIpc) is 2.63. The highest BCUT2D eigenvalue weighted by atomic mass is 19.1. The second kappa shape index (κ2) is 7.43. The van der Waals surface area contributed by atoms with Crippen LogP contribution in [0.25, 0.3) is 10.9 Å². The SMILES string of the molecule is CCn1c(CCN)c(C(=O)O)c(=O)c2cc(F)c(N3CCNCC3)cc21. The lowest BCUT2D eigenvalue weighted by atomic mass is 10.0. The number of benzene rings is 1. The number of carboxylic acid groups (broad SMARTS) is 1. The van der Waals surface area contributed by atoms with Crippen LogP contribution in [0, 0.1) is 5.82 Å². The highest BCUT2D eigenvalue weighted by Crippen LogP contribution is 2.27. The number of anilines is 1. The molecule has 2 heterocycles. The molecule has 1 saturated heterocycles. The Morgan fingerprint density at radius 1 is 1.35 bits per heavy atom. The number of aromatic carboxylic acids is 1. The topological polar surface area (TPSA) is 101 Å². The number of carboxylic acids is 1. The lowest BCUT2D eigenvalue weighted by molar-refractivity contribution is 0.0693. The molecule has 8 heteroatoms. The van der Waals surface area contributed by atoms with Crippen LogP contribution in [0.5, 0.6) is 0 Å². The van der Waals surface area contributed by atoms with E-state index in [1.807, 2.05) is 11.8 Å². The first kappa shape index (κ1) is 18.3. The Morgan fingerprint density at radius 2 is 2.04 bits per heavy atom. The highest BCUT2D eigenvalue weighted by Gasteiger charge is 2.23. The van der Waals surface area contributed by atoms with Crippen LogP contribution in [0.1, 0.15) is 23.0 Å². The van der Waals surface area contributed by atoms with Crippen molar-refractivity contribution in [1.82, 2.24) is 9.88 Å². The van der Waals surface area contributed by atoms with Crippen molar-refractivity contribution in [2.45, 2.75) is 19.9 Å². The molecule has 2 aromatic rings. The predicted molar refractivity (Wildman–Crippen MR) is 98.6 cm³/mol. The highest BCUT2D eigenvalue weighted by molar-refractivity contribution is 5.95. The van der Waals surface area contributed by atoms with Crippen LogP contribution >= 0.6 is 0 Å². The van der Waals surface area contributed by atoms with Crippen molar-refractivity contribution < 1.29 is 14.3 Å². The molecule has 0 amide bonds. The number of aromatic nitrogens is 1. The monoisotopic (exact) mass is 362 g/mol. The summed E-state index contributed by atoms with van der Waals surface area (Å²) in [4.78, 5) is 26.3. The third-order valence-electron chi connectivity index (χ3n) is 4.81. The van der Waals surface area contributed by atoms with Gasteiger partial charge in [-0.05, 0) is 25.6 Å². The lowest BCUT2D eigenvalue weighted by Gasteiger charge is -2.30. The second-order valence-electron chi connectivity index (χ2n) is 6.30. The smallest absolute Gasteiger partial charge is 0.341 e. The molecule has 0 unspecified atom stereocenters. The Kier molecular flexibility index (Phi) is 5.24. The standard InChI is InChI=1S/C18H23FN4O3/c1-2-23-13(3-4-20)16(18(25)26)17(24)11-9-12(19)15(10-14(11)23)22-7-5-21-6-8-22/h9-10,21H,2-8,20H2,1H3,(H,25,26). The third kappa shape index (κ3) is 3.06. The van der Waals surface area contributed by atoms with Gasteiger partial charge in [-0.25, -0.2) is 9.18 Å². The lowest BCUT2D eigenvalue weighted by Crippen LogP contribution is -2.44. The molecule has 3 rings (SSSR count). The van der Waals surface area contributed by atoms with Crippen LogP contribution < -0.4 is 21.4 Å². The van der Waals surface area contributed by atoms with Crippen LogP contribution in [0.15, 0.2) is 16.9 Å². The molecule has 0 spiro atoms. The molecule has 0 aliphatic carbocycles. The van der Waals surface area contributed by atoms with Gasteiger partial charge in [0, 0.05) is 50.2 Å². The largest absolute Gasteiger partial charge is 0.477 e. The van der Waals surface area contributed by atoms with E-state index in [1.165, 1.54) is 6.07 Å². The number of aryl methyl sites for hydroxylation is 1. The van der Waals surface area contributed by atoms with E-state index in [2.05, 4.69) is 5.32 Å². The van der Waals surface area contributed by atoms with Gasteiger partial charge in [0.05, 0.1) is 11.2 Å². The van der Waals surface area contributed by atoms with Crippen molar-refractivity contribution in [2.75, 3.05) is 37.6 Å². The number of nitrogens with two attached hydrogens (primary N) is 1. The van der Waals surface area contributed by atoms with Crippen molar-refractivity contribution in [3.05, 3.63) is 39.4 Å². The van der Waals surface area contributed by atoms with Gasteiger partial charge in [0.1, 0.15) is 11.4 Å². The Morgan fingerprint density at radius 3 is 2.62 bits per heavy atom. The van der Waals surface area contributed by atoms with Gasteiger partial charge in [-0.1, -0.05) is 0 Å². The summed E-state index contributed by atoms with van der Waals surface area (Å²) in [6, 6.07) is 2.83. The predicted octanol–water partition coefficient (Wildman–Crippen LogP) is 0.770. The fourth-order valence-electron chi connectivity index (χ4n) is 3.63. The number of piperazine rings is 1. The molecule has 1 aromatic carbocycles. The number of pyridine rings is 1. The van der Waals surface area contributed by atoms with Crippen LogP contribution in [-0.2, 0) is 13.0 Å². The van der Waals surface area contributed by atoms with Crippen LogP contribution in [-0.4, -0.2) is 48.4 Å². The Bertz CT molecular complexity index is 904. The van der Waals surface area contributed by atoms with E-state index in [0.29, 0.717) is 36.5 Å². The van der Waals surface area contributed by atoms with E-state index >= 15 is 0 Å². The van der Waals surface area contributed by atoms with E-state index in [4.69, 9.17) is 5.73 Å².